The summed E-state index contributed by atoms with van der Waals surface area (Å²) in [5, 5.41) is 2.57. The summed E-state index contributed by atoms with van der Waals surface area (Å²) in [5.74, 6) is 1.21. The van der Waals surface area contributed by atoms with Gasteiger partial charge in [0.1, 0.15) is 0 Å². The van der Waals surface area contributed by atoms with Gasteiger partial charge in [0.25, 0.3) is 0 Å². The Kier molecular flexibility index (Phi) is 9.36. The molecule has 1 N–H and O–H groups in total. The van der Waals surface area contributed by atoms with Gasteiger partial charge in [0.15, 0.2) is 0 Å². The number of ether oxygens (including phenoxy) is 2. The topological polar surface area (TPSA) is 43.4 Å². The minimum Gasteiger partial charge on any atom is -0.665 e. The largest absolute Gasteiger partial charge is 0.665 e. The minimum absolute atomic E-state index is 0. The molecule has 1 aromatic rings. The Labute approximate surface area is 91.6 Å². The first-order chi connectivity index (χ1) is 7.17. The molecule has 1 rings (SSSR count). The fourth-order valence-corrected chi connectivity index (χ4v) is 0.796. The number of aryl methyl sites for hydroxylation is 1. The zero-order chi connectivity index (χ0) is 11.7. The molecule has 0 spiro atoms. The SMILES string of the molecule is [CH2-]CN[CH2-].[CH2-]Oc1cc(C)nc(OC)c1.[Lr]. The van der Waals surface area contributed by atoms with Crippen LogP contribution in [0.15, 0.2) is 12.1 Å². The number of hydrogen-bond acceptors (Lipinski definition) is 4. The van der Waals surface area contributed by atoms with E-state index < -0.39 is 0 Å². The predicted octanol–water partition coefficient (Wildman–Crippen LogP) is 1.77. The molecule has 0 aliphatic heterocycles. The summed E-state index contributed by atoms with van der Waals surface area (Å²) >= 11 is 0. The molecule has 0 aromatic carbocycles. The van der Waals surface area contributed by atoms with Crippen LogP contribution in [-0.2, 0) is 0 Å². The van der Waals surface area contributed by atoms with Crippen LogP contribution in [0.3, 0.4) is 0 Å². The summed E-state index contributed by atoms with van der Waals surface area (Å²) in [6, 6.07) is 3.47. The molecule has 1 radical (unpaired) electrons. The molecule has 0 fully saturated rings. The van der Waals surface area contributed by atoms with E-state index in [2.05, 4.69) is 31.4 Å². The van der Waals surface area contributed by atoms with Crippen molar-refractivity contribution in [2.45, 2.75) is 6.92 Å². The van der Waals surface area contributed by atoms with Crippen LogP contribution in [0.2, 0.25) is 0 Å². The van der Waals surface area contributed by atoms with Gasteiger partial charge < -0.3 is 21.7 Å². The Balaban J connectivity index is 0. The second kappa shape index (κ2) is 9.27. The van der Waals surface area contributed by atoms with E-state index in [0.717, 1.165) is 5.69 Å². The van der Waals surface area contributed by atoms with Crippen molar-refractivity contribution in [1.82, 2.24) is 10.3 Å². The van der Waals surface area contributed by atoms with Crippen molar-refractivity contribution < 1.29 is 9.47 Å². The maximum atomic E-state index is 4.92. The molecule has 0 saturated heterocycles. The number of rotatable bonds is 3. The summed E-state index contributed by atoms with van der Waals surface area (Å²) in [6.07, 6.45) is 0. The molecule has 1 heterocycles. The maximum Gasteiger partial charge on any atom is 0.216 e. The van der Waals surface area contributed by atoms with E-state index in [1.54, 1.807) is 19.2 Å². The van der Waals surface area contributed by atoms with Gasteiger partial charge in [-0.1, -0.05) is 0 Å². The second-order valence-corrected chi connectivity index (χ2v) is 2.63. The first kappa shape index (κ1) is 16.2. The van der Waals surface area contributed by atoms with Crippen LogP contribution < -0.4 is 14.8 Å². The first-order valence-electron chi connectivity index (χ1n) is 4.41. The average Bonchev–Trinajstić information content (AvgIpc) is 2.28. The molecule has 0 atom stereocenters. The van der Waals surface area contributed by atoms with Gasteiger partial charge in [-0.15, -0.1) is 0 Å². The van der Waals surface area contributed by atoms with Crippen LogP contribution in [0.1, 0.15) is 5.69 Å². The summed E-state index contributed by atoms with van der Waals surface area (Å²) < 4.78 is 9.69. The Bertz CT molecular complexity index is 258. The molecule has 0 unspecified atom stereocenters. The Morgan fingerprint density at radius 2 is 2.00 bits per heavy atom. The van der Waals surface area contributed by atoms with Crippen molar-refractivity contribution in [3.05, 3.63) is 38.9 Å². The van der Waals surface area contributed by atoms with Crippen molar-refractivity contribution in [2.75, 3.05) is 13.7 Å². The van der Waals surface area contributed by atoms with E-state index in [4.69, 9.17) is 9.47 Å². The Hall–Kier alpha value is -2.29. The molecule has 5 heteroatoms. The van der Waals surface area contributed by atoms with E-state index >= 15 is 0 Å². The number of nitrogens with one attached hydrogen (secondary N) is 1. The number of methoxy groups -OCH3 is 1. The summed E-state index contributed by atoms with van der Waals surface area (Å²) in [6.45, 7) is 6.00. The number of hydrogen-bond donors (Lipinski definition) is 1. The standard InChI is InChI=1S/C8H10NO2.C3H7N.Lr/c1-6-4-7(10-2)5-8(9-6)11-3;1-3-4-2;/h4-5H,2H2,1,3H3;4H,1-3H2;/q-1;-2;. The maximum absolute atomic E-state index is 4.92. The van der Waals surface area contributed by atoms with Gasteiger partial charge in [-0.05, 0) is 13.0 Å². The summed E-state index contributed by atoms with van der Waals surface area (Å²) in [4.78, 5) is 4.07. The van der Waals surface area contributed by atoms with Gasteiger partial charge in [0, 0.05) is 11.8 Å². The van der Waals surface area contributed by atoms with E-state index in [1.165, 1.54) is 0 Å². The van der Waals surface area contributed by atoms with Gasteiger partial charge in [-0.2, -0.15) is 13.7 Å². The normalized spacial score (nSPS) is 8.31. The second-order valence-electron chi connectivity index (χ2n) is 2.63. The molecule has 0 saturated carbocycles. The first-order valence-corrected chi connectivity index (χ1v) is 4.41. The Morgan fingerprint density at radius 3 is 2.38 bits per heavy atom. The van der Waals surface area contributed by atoms with Crippen molar-refractivity contribution in [3.63, 3.8) is 0 Å². The van der Waals surface area contributed by atoms with Crippen LogP contribution >= 0.6 is 0 Å². The number of aromatic nitrogens is 1. The van der Waals surface area contributed by atoms with Crippen molar-refractivity contribution in [2.24, 2.45) is 0 Å². The van der Waals surface area contributed by atoms with Gasteiger partial charge in [0.2, 0.25) is 5.88 Å². The van der Waals surface area contributed by atoms with E-state index in [9.17, 15) is 0 Å². The van der Waals surface area contributed by atoms with Crippen LogP contribution in [0, 0.1) is 28.0 Å². The molecule has 1 aromatic heterocycles. The molecule has 4 nitrogen and oxygen atoms in total. The van der Waals surface area contributed by atoms with Crippen molar-refractivity contribution in [3.8, 4) is 11.6 Å². The monoisotopic (exact) mass is 471 g/mol. The third kappa shape index (κ3) is 6.21. The predicted molar refractivity (Wildman–Crippen MR) is 60.2 cm³/mol. The molecule has 0 aliphatic rings. The zero-order valence-electron chi connectivity index (χ0n) is 9.51. The van der Waals surface area contributed by atoms with Crippen molar-refractivity contribution in [1.29, 1.82) is 0 Å². The van der Waals surface area contributed by atoms with E-state index in [1.807, 2.05) is 6.92 Å². The Morgan fingerprint density at radius 1 is 1.44 bits per heavy atom. The van der Waals surface area contributed by atoms with E-state index in [0.29, 0.717) is 18.2 Å². The molecule has 0 bridgehead atoms. The van der Waals surface area contributed by atoms with Gasteiger partial charge in [-0.3, -0.25) is 7.05 Å². The van der Waals surface area contributed by atoms with Crippen molar-refractivity contribution >= 4 is 0 Å². The van der Waals surface area contributed by atoms with E-state index in [-0.39, 0.29) is 0 Å². The van der Waals surface area contributed by atoms with Gasteiger partial charge >= 0.3 is 0 Å². The van der Waals surface area contributed by atoms with Crippen LogP contribution in [-0.4, -0.2) is 18.6 Å². The van der Waals surface area contributed by atoms with Crippen LogP contribution in [0.25, 0.3) is 0 Å². The quantitative estimate of drug-likeness (QED) is 0.683. The summed E-state index contributed by atoms with van der Waals surface area (Å²) in [7, 11) is 8.14. The molecule has 16 heavy (non-hydrogen) atoms. The molecular formula is C11H17LrN2O2-3. The van der Waals surface area contributed by atoms with Crippen LogP contribution in [0.5, 0.6) is 11.6 Å². The third-order valence-electron chi connectivity index (χ3n) is 1.46. The summed E-state index contributed by atoms with van der Waals surface area (Å²) in [5.41, 5.74) is 0.850. The van der Waals surface area contributed by atoms with Crippen LogP contribution in [0.4, 0.5) is 0 Å². The fraction of sp³-hybridized carbons (Fsp3) is 0.273. The minimum atomic E-state index is 0. The molecule has 101 valence electrons. The zero-order valence-corrected chi connectivity index (χ0v) is 11.7. The molecular weight excluding hydrogens is 454 g/mol. The third-order valence-corrected chi connectivity index (χ3v) is 1.46. The molecule has 0 aliphatic carbocycles. The smallest absolute Gasteiger partial charge is 0.216 e. The fourth-order valence-electron chi connectivity index (χ4n) is 0.796. The average molecular weight is 471 g/mol. The molecule has 0 amide bonds. The number of pyridine rings is 1. The number of nitrogens with zero attached hydrogens (tertiary/aromatic N) is 1. The van der Waals surface area contributed by atoms with Gasteiger partial charge in [0.05, 0.1) is 12.9 Å². The van der Waals surface area contributed by atoms with Gasteiger partial charge in [-0.25, -0.2) is 4.98 Å².